The van der Waals surface area contributed by atoms with Gasteiger partial charge < -0.3 is 4.74 Å². The van der Waals surface area contributed by atoms with E-state index in [9.17, 15) is 9.59 Å². The molecule has 0 saturated heterocycles. The van der Waals surface area contributed by atoms with Crippen LogP contribution >= 0.6 is 0 Å². The zero-order valence-corrected chi connectivity index (χ0v) is 9.94. The van der Waals surface area contributed by atoms with Crippen LogP contribution in [0.2, 0.25) is 0 Å². The molecule has 1 aliphatic heterocycles. The highest BCUT2D eigenvalue weighted by Gasteiger charge is 2.27. The Morgan fingerprint density at radius 3 is 2.94 bits per heavy atom. The van der Waals surface area contributed by atoms with Gasteiger partial charge in [0.1, 0.15) is 0 Å². The van der Waals surface area contributed by atoms with Gasteiger partial charge in [0.15, 0.2) is 5.78 Å². The molecule has 4 nitrogen and oxygen atoms in total. The molecular weight excluding hydrogens is 206 g/mol. The van der Waals surface area contributed by atoms with Crippen LogP contribution < -0.4 is 0 Å². The Morgan fingerprint density at radius 1 is 1.56 bits per heavy atom. The first kappa shape index (κ1) is 12.7. The molecule has 90 valence electrons. The number of hydrogen-bond acceptors (Lipinski definition) is 3. The van der Waals surface area contributed by atoms with Gasteiger partial charge in [-0.25, -0.2) is 4.79 Å². The smallest absolute Gasteiger partial charge is 0.414 e. The van der Waals surface area contributed by atoms with Gasteiger partial charge in [0.2, 0.25) is 0 Å². The summed E-state index contributed by atoms with van der Waals surface area (Å²) in [5, 5.41) is 0. The highest BCUT2D eigenvalue weighted by Crippen LogP contribution is 2.19. The lowest BCUT2D eigenvalue weighted by Gasteiger charge is -2.29. The Morgan fingerprint density at radius 2 is 2.31 bits per heavy atom. The van der Waals surface area contributed by atoms with Crippen molar-refractivity contribution in [2.75, 3.05) is 6.61 Å². The van der Waals surface area contributed by atoms with Gasteiger partial charge in [-0.15, -0.1) is 0 Å². The first-order chi connectivity index (χ1) is 7.69. The molecular formula is C12H19NO3. The lowest BCUT2D eigenvalue weighted by atomic mass is 10.0. The number of amides is 1. The second-order valence-corrected chi connectivity index (χ2v) is 3.89. The van der Waals surface area contributed by atoms with Crippen LogP contribution in [0.1, 0.15) is 39.5 Å². The molecule has 4 heteroatoms. The summed E-state index contributed by atoms with van der Waals surface area (Å²) >= 11 is 0. The van der Waals surface area contributed by atoms with Crippen LogP contribution in [-0.2, 0) is 9.53 Å². The topological polar surface area (TPSA) is 46.6 Å². The van der Waals surface area contributed by atoms with Gasteiger partial charge in [-0.3, -0.25) is 9.69 Å². The van der Waals surface area contributed by atoms with E-state index < -0.39 is 0 Å². The van der Waals surface area contributed by atoms with E-state index in [4.69, 9.17) is 4.74 Å². The fourth-order valence-corrected chi connectivity index (χ4v) is 1.77. The second kappa shape index (κ2) is 6.30. The lowest BCUT2D eigenvalue weighted by molar-refractivity contribution is -0.116. The van der Waals surface area contributed by atoms with Crippen LogP contribution in [0.25, 0.3) is 0 Å². The minimum absolute atomic E-state index is 0.0310. The third-order valence-corrected chi connectivity index (χ3v) is 2.62. The van der Waals surface area contributed by atoms with Crippen molar-refractivity contribution in [3.05, 3.63) is 12.3 Å². The molecule has 0 aromatic carbocycles. The predicted molar refractivity (Wildman–Crippen MR) is 60.9 cm³/mol. The van der Waals surface area contributed by atoms with E-state index in [1.807, 2.05) is 0 Å². The van der Waals surface area contributed by atoms with Crippen molar-refractivity contribution in [1.29, 1.82) is 0 Å². The van der Waals surface area contributed by atoms with Crippen molar-refractivity contribution in [1.82, 2.24) is 4.90 Å². The highest BCUT2D eigenvalue weighted by atomic mass is 16.6. The number of carbonyl (C=O) groups excluding carboxylic acids is 2. The van der Waals surface area contributed by atoms with Crippen LogP contribution in [0, 0.1) is 0 Å². The van der Waals surface area contributed by atoms with Gasteiger partial charge in [0.05, 0.1) is 6.61 Å². The van der Waals surface area contributed by atoms with Crippen molar-refractivity contribution >= 4 is 11.9 Å². The molecule has 0 aromatic heterocycles. The van der Waals surface area contributed by atoms with E-state index in [2.05, 4.69) is 6.92 Å². The fourth-order valence-electron chi connectivity index (χ4n) is 1.77. The maximum Gasteiger partial charge on any atom is 0.414 e. The van der Waals surface area contributed by atoms with E-state index in [0.717, 1.165) is 19.3 Å². The standard InChI is InChI=1S/C12H19NO3/c1-3-5-6-10-9-11(14)7-8-13(10)12(15)16-4-2/h7-8,10H,3-6,9H2,1-2H3. The van der Waals surface area contributed by atoms with Crippen molar-refractivity contribution in [2.45, 2.75) is 45.6 Å². The molecule has 0 aliphatic carbocycles. The number of carbonyl (C=O) groups is 2. The normalized spacial score (nSPS) is 20.0. The molecule has 16 heavy (non-hydrogen) atoms. The summed E-state index contributed by atoms with van der Waals surface area (Å²) in [4.78, 5) is 24.5. The molecule has 0 aromatic rings. The Balaban J connectivity index is 2.65. The number of nitrogens with zero attached hydrogens (tertiary/aromatic N) is 1. The van der Waals surface area contributed by atoms with Gasteiger partial charge in [-0.2, -0.15) is 0 Å². The van der Waals surface area contributed by atoms with E-state index in [1.54, 1.807) is 18.0 Å². The third-order valence-electron chi connectivity index (χ3n) is 2.62. The summed E-state index contributed by atoms with van der Waals surface area (Å²) in [5.41, 5.74) is 0. The Hall–Kier alpha value is -1.32. The van der Waals surface area contributed by atoms with Crippen molar-refractivity contribution in [3.63, 3.8) is 0 Å². The number of hydrogen-bond donors (Lipinski definition) is 0. The predicted octanol–water partition coefficient (Wildman–Crippen LogP) is 2.49. The summed E-state index contributed by atoms with van der Waals surface area (Å²) in [7, 11) is 0. The molecule has 0 radical (unpaired) electrons. The van der Waals surface area contributed by atoms with E-state index >= 15 is 0 Å². The molecule has 1 rings (SSSR count). The number of rotatable bonds is 4. The number of allylic oxidation sites excluding steroid dienone is 1. The zero-order chi connectivity index (χ0) is 12.0. The van der Waals surface area contributed by atoms with E-state index in [-0.39, 0.29) is 17.9 Å². The summed E-state index contributed by atoms with van der Waals surface area (Å²) in [6.07, 6.45) is 5.98. The Bertz CT molecular complexity index is 286. The summed E-state index contributed by atoms with van der Waals surface area (Å²) in [5.74, 6) is 0.0849. The van der Waals surface area contributed by atoms with Crippen LogP contribution in [-0.4, -0.2) is 29.4 Å². The van der Waals surface area contributed by atoms with Gasteiger partial charge in [-0.05, 0) is 19.4 Å². The second-order valence-electron chi connectivity index (χ2n) is 3.89. The maximum atomic E-state index is 11.6. The summed E-state index contributed by atoms with van der Waals surface area (Å²) in [6.45, 7) is 4.23. The first-order valence-electron chi connectivity index (χ1n) is 5.85. The highest BCUT2D eigenvalue weighted by molar-refractivity contribution is 5.92. The molecule has 0 bridgehead atoms. The molecule has 1 aliphatic rings. The number of unbranched alkanes of at least 4 members (excludes halogenated alkanes) is 1. The van der Waals surface area contributed by atoms with Gasteiger partial charge in [0.25, 0.3) is 0 Å². The Labute approximate surface area is 96.3 Å². The van der Waals surface area contributed by atoms with Crippen LogP contribution in [0.15, 0.2) is 12.3 Å². The molecule has 1 heterocycles. The minimum Gasteiger partial charge on any atom is -0.449 e. The lowest BCUT2D eigenvalue weighted by Crippen LogP contribution is -2.40. The number of ketones is 1. The molecule has 0 saturated carbocycles. The number of ether oxygens (including phenoxy) is 1. The van der Waals surface area contributed by atoms with Crippen LogP contribution in [0.3, 0.4) is 0 Å². The average molecular weight is 225 g/mol. The molecule has 0 N–H and O–H groups in total. The largest absolute Gasteiger partial charge is 0.449 e. The van der Waals surface area contributed by atoms with Gasteiger partial charge >= 0.3 is 6.09 Å². The molecule has 1 unspecified atom stereocenters. The Kier molecular flexibility index (Phi) is 5.02. The van der Waals surface area contributed by atoms with Gasteiger partial charge in [0, 0.05) is 18.7 Å². The van der Waals surface area contributed by atoms with E-state index in [0.29, 0.717) is 13.0 Å². The third kappa shape index (κ3) is 3.36. The molecule has 1 amide bonds. The fraction of sp³-hybridized carbons (Fsp3) is 0.667. The van der Waals surface area contributed by atoms with Crippen molar-refractivity contribution in [2.24, 2.45) is 0 Å². The van der Waals surface area contributed by atoms with Gasteiger partial charge in [-0.1, -0.05) is 19.8 Å². The van der Waals surface area contributed by atoms with E-state index in [1.165, 1.54) is 6.08 Å². The first-order valence-corrected chi connectivity index (χ1v) is 5.85. The monoisotopic (exact) mass is 225 g/mol. The van der Waals surface area contributed by atoms with Crippen molar-refractivity contribution in [3.8, 4) is 0 Å². The minimum atomic E-state index is -0.354. The maximum absolute atomic E-state index is 11.6. The quantitative estimate of drug-likeness (QED) is 0.738. The summed E-state index contributed by atoms with van der Waals surface area (Å²) in [6, 6.07) is -0.0310. The molecule has 1 atom stereocenters. The SMILES string of the molecule is CCCCC1CC(=O)C=CN1C(=O)OCC. The van der Waals surface area contributed by atoms with Crippen LogP contribution in [0.4, 0.5) is 4.79 Å². The summed E-state index contributed by atoms with van der Waals surface area (Å²) < 4.78 is 4.95. The zero-order valence-electron chi connectivity index (χ0n) is 9.94. The van der Waals surface area contributed by atoms with Crippen LogP contribution in [0.5, 0.6) is 0 Å². The van der Waals surface area contributed by atoms with Crippen molar-refractivity contribution < 1.29 is 14.3 Å². The average Bonchev–Trinajstić information content (AvgIpc) is 2.26. The molecule has 0 spiro atoms. The molecule has 0 fully saturated rings.